The Bertz CT molecular complexity index is 1780. The molecule has 4 rings (SSSR count). The van der Waals surface area contributed by atoms with E-state index in [0.717, 1.165) is 12.8 Å². The van der Waals surface area contributed by atoms with Gasteiger partial charge in [-0.15, -0.1) is 5.06 Å². The first-order valence-electron chi connectivity index (χ1n) is 20.3. The zero-order chi connectivity index (χ0) is 44.0. The summed E-state index contributed by atoms with van der Waals surface area (Å²) >= 11 is 0. The summed E-state index contributed by atoms with van der Waals surface area (Å²) in [4.78, 5) is 84.0. The summed E-state index contributed by atoms with van der Waals surface area (Å²) in [5.41, 5.74) is 0.548. The maximum atomic E-state index is 14.8. The van der Waals surface area contributed by atoms with Gasteiger partial charge in [0.05, 0.1) is 43.8 Å². The first-order valence-corrected chi connectivity index (χ1v) is 22.0. The molecule has 0 spiro atoms. The van der Waals surface area contributed by atoms with Crippen LogP contribution in [0.1, 0.15) is 78.2 Å². The number of unbranched alkanes of at least 4 members (excludes halogenated alkanes) is 1. The number of hydrogen-bond acceptors (Lipinski definition) is 17. The average molecular weight is 863 g/mol. The van der Waals surface area contributed by atoms with Gasteiger partial charge in [0.15, 0.2) is 5.82 Å². The number of amides is 2. The highest BCUT2D eigenvalue weighted by Crippen LogP contribution is 2.51. The zero-order valence-electron chi connectivity index (χ0n) is 35.7. The molecule has 332 valence electrons. The van der Waals surface area contributed by atoms with Crippen molar-refractivity contribution in [2.45, 2.75) is 92.5 Å². The van der Waals surface area contributed by atoms with Gasteiger partial charge in [-0.2, -0.15) is 0 Å². The Morgan fingerprint density at radius 3 is 2.03 bits per heavy atom. The van der Waals surface area contributed by atoms with E-state index in [1.165, 1.54) is 29.9 Å². The molecule has 2 aliphatic rings. The highest BCUT2D eigenvalue weighted by Gasteiger charge is 2.41. The van der Waals surface area contributed by atoms with Crippen molar-refractivity contribution < 1.29 is 61.4 Å². The van der Waals surface area contributed by atoms with Gasteiger partial charge in [-0.25, -0.2) is 14.8 Å². The number of piperazine rings is 1. The molecule has 0 radical (unpaired) electrons. The molecule has 1 aromatic carbocycles. The minimum absolute atomic E-state index is 0.0374. The molecule has 5 atom stereocenters. The minimum atomic E-state index is -4.62. The van der Waals surface area contributed by atoms with Crippen molar-refractivity contribution in [1.82, 2.24) is 25.2 Å². The quantitative estimate of drug-likeness (QED) is 0.0622. The molecule has 3 heterocycles. The smallest absolute Gasteiger partial charge is 0.435 e. The van der Waals surface area contributed by atoms with E-state index in [-0.39, 0.29) is 50.4 Å². The van der Waals surface area contributed by atoms with Crippen molar-refractivity contribution in [2.24, 2.45) is 11.8 Å². The molecule has 0 bridgehead atoms. The lowest BCUT2D eigenvalue weighted by molar-refractivity contribution is -0.171. The maximum Gasteiger partial charge on any atom is 0.527 e. The third-order valence-corrected chi connectivity index (χ3v) is 11.4. The van der Waals surface area contributed by atoms with Gasteiger partial charge < -0.3 is 38.9 Å². The number of rotatable bonds is 20. The number of benzene rings is 1. The van der Waals surface area contributed by atoms with Crippen LogP contribution in [-0.2, 0) is 51.8 Å². The number of aromatic nitrogens is 2. The summed E-state index contributed by atoms with van der Waals surface area (Å²) in [6.07, 6.45) is -2.34. The average Bonchev–Trinajstić information content (AvgIpc) is 3.70. The maximum absolute atomic E-state index is 14.8. The molecule has 0 saturated carbocycles. The van der Waals surface area contributed by atoms with E-state index in [2.05, 4.69) is 10.3 Å². The fourth-order valence-corrected chi connectivity index (χ4v) is 7.96. The van der Waals surface area contributed by atoms with Crippen LogP contribution < -0.4 is 10.2 Å². The summed E-state index contributed by atoms with van der Waals surface area (Å²) in [5.74, 6) is -3.21. The Balaban J connectivity index is 1.68. The first kappa shape index (κ1) is 48.0. The lowest BCUT2D eigenvalue weighted by Gasteiger charge is -2.36. The van der Waals surface area contributed by atoms with Crippen LogP contribution in [0.25, 0.3) is 11.4 Å². The molecule has 1 N–H and O–H groups in total. The number of methoxy groups -OCH3 is 1. The second-order valence-electron chi connectivity index (χ2n) is 15.0. The van der Waals surface area contributed by atoms with Gasteiger partial charge >= 0.3 is 25.7 Å². The van der Waals surface area contributed by atoms with Gasteiger partial charge in [0.1, 0.15) is 17.6 Å². The second kappa shape index (κ2) is 22.8. The molecule has 2 amide bonds. The molecule has 60 heavy (non-hydrogen) atoms. The first-order chi connectivity index (χ1) is 28.5. The predicted octanol–water partition coefficient (Wildman–Crippen LogP) is 4.80. The van der Waals surface area contributed by atoms with Gasteiger partial charge in [0.2, 0.25) is 18.5 Å². The number of ether oxygens (including phenoxy) is 4. The summed E-state index contributed by atoms with van der Waals surface area (Å²) in [5, 5.41) is 4.07. The minimum Gasteiger partial charge on any atom is -0.435 e. The van der Waals surface area contributed by atoms with Crippen LogP contribution in [0, 0.1) is 11.8 Å². The molecule has 1 aromatic heterocycles. The summed E-state index contributed by atoms with van der Waals surface area (Å²) < 4.78 is 47.6. The van der Waals surface area contributed by atoms with E-state index >= 15 is 0 Å². The van der Waals surface area contributed by atoms with Crippen LogP contribution in [0.15, 0.2) is 36.4 Å². The topological polar surface area (TPSA) is 215 Å². The van der Waals surface area contributed by atoms with Crippen molar-refractivity contribution in [3.05, 3.63) is 42.1 Å². The van der Waals surface area contributed by atoms with Gasteiger partial charge in [0.25, 0.3) is 5.91 Å². The van der Waals surface area contributed by atoms with Crippen molar-refractivity contribution in [1.29, 1.82) is 0 Å². The third-order valence-electron chi connectivity index (χ3n) is 9.39. The van der Waals surface area contributed by atoms with Crippen LogP contribution in [0.4, 0.5) is 10.6 Å². The highest BCUT2D eigenvalue weighted by atomic mass is 31.2. The molecular formula is C40H59N6O13P. The third kappa shape index (κ3) is 14.5. The summed E-state index contributed by atoms with van der Waals surface area (Å²) in [7, 11) is -2.99. The number of carbonyl (C=O) groups excluding carboxylic acids is 5. The van der Waals surface area contributed by atoms with Crippen LogP contribution in [0.3, 0.4) is 0 Å². The van der Waals surface area contributed by atoms with E-state index in [4.69, 9.17) is 37.8 Å². The normalized spacial score (nSPS) is 18.3. The van der Waals surface area contributed by atoms with E-state index in [1.54, 1.807) is 46.9 Å². The summed E-state index contributed by atoms with van der Waals surface area (Å²) in [6.45, 7) is 12.6. The van der Waals surface area contributed by atoms with Gasteiger partial charge in [0, 0.05) is 44.9 Å². The lowest BCUT2D eigenvalue weighted by atomic mass is 10.2. The van der Waals surface area contributed by atoms with Crippen molar-refractivity contribution in [2.75, 3.05) is 64.0 Å². The van der Waals surface area contributed by atoms with Crippen LogP contribution in [0.2, 0.25) is 0 Å². The Hall–Kier alpha value is -4.68. The van der Waals surface area contributed by atoms with Crippen molar-refractivity contribution in [3.63, 3.8) is 0 Å². The fourth-order valence-electron chi connectivity index (χ4n) is 6.06. The molecule has 20 heteroatoms. The molecular weight excluding hydrogens is 803 g/mol. The van der Waals surface area contributed by atoms with Gasteiger partial charge in [-0.05, 0) is 26.7 Å². The molecule has 0 aliphatic carbocycles. The molecule has 2 saturated heterocycles. The van der Waals surface area contributed by atoms with Crippen LogP contribution >= 0.6 is 7.60 Å². The SMILES string of the molecule is CCCCOC(=O)ON1CCN(C(=O)C(CP(=O)(OC(C)OC(=O)C(C)C)O[C@H](C)OC(=O)C(C)C)NC(=O)c2cc(N3CC[C@H](OC)C3)nc(-c3ccccc3)n2)CC1. The van der Waals surface area contributed by atoms with Crippen molar-refractivity contribution in [3.8, 4) is 11.4 Å². The van der Waals surface area contributed by atoms with Gasteiger partial charge in [-0.3, -0.25) is 32.8 Å². The van der Waals surface area contributed by atoms with Crippen molar-refractivity contribution >= 4 is 43.3 Å². The fraction of sp³-hybridized carbons (Fsp3) is 0.625. The Labute approximate surface area is 351 Å². The summed E-state index contributed by atoms with van der Waals surface area (Å²) in [6, 6.07) is 8.97. The number of esters is 2. The van der Waals surface area contributed by atoms with Crippen LogP contribution in [-0.4, -0.2) is 134 Å². The number of hydroxylamine groups is 2. The standard InChI is InChI=1S/C40H59N6O13P/c1-9-10-22-54-40(51)57-46-20-18-44(19-21-46)37(48)33(25-60(52,58-28(6)55-38(49)26(2)3)59-29(7)56-39(50)27(4)5)42-36(47)32-23-34(45-17-16-31(24-45)53-8)43-35(41-32)30-14-12-11-13-15-30/h11-15,23,26-29,31,33H,9-10,16-22,24-25H2,1-8H3,(H,42,47)/t28-,29?,31+,33?,60?/m1/s1. The number of nitrogens with zero attached hydrogens (tertiary/aromatic N) is 5. The van der Waals surface area contributed by atoms with E-state index in [0.29, 0.717) is 30.9 Å². The lowest BCUT2D eigenvalue weighted by Crippen LogP contribution is -2.56. The number of nitrogens with one attached hydrogen (secondary N) is 1. The number of hydrogen-bond donors (Lipinski definition) is 1. The molecule has 2 fully saturated rings. The Morgan fingerprint density at radius 1 is 0.867 bits per heavy atom. The monoisotopic (exact) mass is 862 g/mol. The van der Waals surface area contributed by atoms with E-state index in [9.17, 15) is 28.5 Å². The number of carbonyl (C=O) groups is 5. The Morgan fingerprint density at radius 2 is 1.48 bits per heavy atom. The van der Waals surface area contributed by atoms with Crippen LogP contribution in [0.5, 0.6) is 0 Å². The zero-order valence-corrected chi connectivity index (χ0v) is 36.6. The molecule has 19 nitrogen and oxygen atoms in total. The number of anilines is 1. The van der Waals surface area contributed by atoms with E-state index in [1.807, 2.05) is 30.0 Å². The molecule has 2 aliphatic heterocycles. The molecule has 3 unspecified atom stereocenters. The predicted molar refractivity (Wildman–Crippen MR) is 217 cm³/mol. The Kier molecular flexibility index (Phi) is 18.2. The largest absolute Gasteiger partial charge is 0.527 e. The second-order valence-corrected chi connectivity index (χ2v) is 17.0. The highest BCUT2D eigenvalue weighted by molar-refractivity contribution is 7.54. The molecule has 2 aromatic rings. The van der Waals surface area contributed by atoms with E-state index < -0.39 is 74.1 Å². The van der Waals surface area contributed by atoms with Gasteiger partial charge in [-0.1, -0.05) is 71.4 Å².